The van der Waals surface area contributed by atoms with E-state index in [2.05, 4.69) is 5.16 Å². The predicted octanol–water partition coefficient (Wildman–Crippen LogP) is 3.38. The van der Waals surface area contributed by atoms with Gasteiger partial charge in [0.1, 0.15) is 0 Å². The van der Waals surface area contributed by atoms with Crippen molar-refractivity contribution in [1.82, 2.24) is 0 Å². The summed E-state index contributed by atoms with van der Waals surface area (Å²) in [6, 6.07) is 14.9. The highest BCUT2D eigenvalue weighted by molar-refractivity contribution is 7.90. The first-order valence-corrected chi connectivity index (χ1v) is 8.84. The summed E-state index contributed by atoms with van der Waals surface area (Å²) in [5.41, 5.74) is 3.27. The van der Waals surface area contributed by atoms with Crippen LogP contribution in [0.1, 0.15) is 29.0 Å². The number of rotatable bonds is 5. The third kappa shape index (κ3) is 3.74. The van der Waals surface area contributed by atoms with Crippen molar-refractivity contribution in [2.24, 2.45) is 5.16 Å². The summed E-state index contributed by atoms with van der Waals surface area (Å²) in [7, 11) is -3.20. The van der Waals surface area contributed by atoms with Gasteiger partial charge in [0, 0.05) is 18.4 Å². The molecule has 0 amide bonds. The average Bonchev–Trinajstić information content (AvgIpc) is 2.49. The van der Waals surface area contributed by atoms with Gasteiger partial charge in [-0.1, -0.05) is 36.4 Å². The Balaban J connectivity index is 2.44. The molecule has 0 saturated heterocycles. The van der Waals surface area contributed by atoms with Gasteiger partial charge in [0.2, 0.25) is 0 Å². The van der Waals surface area contributed by atoms with Crippen molar-refractivity contribution in [2.45, 2.75) is 24.2 Å². The van der Waals surface area contributed by atoms with Crippen LogP contribution in [0.25, 0.3) is 0 Å². The second-order valence-electron chi connectivity index (χ2n) is 5.28. The van der Waals surface area contributed by atoms with Gasteiger partial charge in [-0.25, -0.2) is 8.42 Å². The van der Waals surface area contributed by atoms with E-state index in [0.29, 0.717) is 11.3 Å². The second kappa shape index (κ2) is 6.75. The van der Waals surface area contributed by atoms with Crippen LogP contribution in [0.15, 0.2) is 58.6 Å². The van der Waals surface area contributed by atoms with Gasteiger partial charge in [0.15, 0.2) is 9.84 Å². The first-order valence-electron chi connectivity index (χ1n) is 6.95. The number of nitrogens with zero attached hydrogens (tertiary/aromatic N) is 1. The minimum absolute atomic E-state index is 0.0192. The summed E-state index contributed by atoms with van der Waals surface area (Å²) < 4.78 is 23.1. The number of sulfone groups is 1. The van der Waals surface area contributed by atoms with E-state index in [1.807, 2.05) is 43.3 Å². The zero-order chi connectivity index (χ0) is 16.2. The molecule has 1 atom stereocenters. The van der Waals surface area contributed by atoms with E-state index in [9.17, 15) is 8.42 Å². The monoisotopic (exact) mass is 317 g/mol. The number of benzene rings is 2. The lowest BCUT2D eigenvalue weighted by Crippen LogP contribution is -2.05. The summed E-state index contributed by atoms with van der Waals surface area (Å²) in [5, 5.41) is 11.8. The van der Waals surface area contributed by atoms with Crippen LogP contribution in [0.3, 0.4) is 0 Å². The molecule has 5 heteroatoms. The second-order valence-corrected chi connectivity index (χ2v) is 7.30. The van der Waals surface area contributed by atoms with E-state index in [1.54, 1.807) is 12.1 Å². The van der Waals surface area contributed by atoms with Crippen LogP contribution in [-0.4, -0.2) is 26.1 Å². The number of oxime groups is 1. The lowest BCUT2D eigenvalue weighted by Gasteiger charge is -2.18. The Hall–Kier alpha value is -2.14. The van der Waals surface area contributed by atoms with Crippen LogP contribution in [0.2, 0.25) is 0 Å². The van der Waals surface area contributed by atoms with Crippen LogP contribution >= 0.6 is 0 Å². The predicted molar refractivity (Wildman–Crippen MR) is 87.5 cm³/mol. The molecule has 0 aliphatic carbocycles. The van der Waals surface area contributed by atoms with Gasteiger partial charge in [-0.2, -0.15) is 0 Å². The highest BCUT2D eigenvalue weighted by atomic mass is 32.2. The largest absolute Gasteiger partial charge is 0.411 e. The molecule has 0 saturated carbocycles. The molecule has 0 bridgehead atoms. The summed E-state index contributed by atoms with van der Waals surface area (Å²) >= 11 is 0. The van der Waals surface area contributed by atoms with E-state index in [1.165, 1.54) is 12.5 Å². The lowest BCUT2D eigenvalue weighted by atomic mass is 9.86. The molecule has 0 aliphatic rings. The number of aryl methyl sites for hydroxylation is 1. The molecule has 116 valence electrons. The van der Waals surface area contributed by atoms with Crippen molar-refractivity contribution in [2.75, 3.05) is 6.26 Å². The van der Waals surface area contributed by atoms with Crippen molar-refractivity contribution in [1.29, 1.82) is 0 Å². The van der Waals surface area contributed by atoms with Crippen LogP contribution in [0, 0.1) is 6.92 Å². The zero-order valence-electron chi connectivity index (χ0n) is 12.6. The van der Waals surface area contributed by atoms with Gasteiger partial charge in [0.05, 0.1) is 4.90 Å². The van der Waals surface area contributed by atoms with Crippen LogP contribution in [0.5, 0.6) is 0 Å². The highest BCUT2D eigenvalue weighted by Gasteiger charge is 2.16. The summed E-state index contributed by atoms with van der Waals surface area (Å²) in [5.74, 6) is 0.0192. The van der Waals surface area contributed by atoms with Gasteiger partial charge < -0.3 is 5.21 Å². The Morgan fingerprint density at radius 1 is 1.14 bits per heavy atom. The molecule has 0 aliphatic heterocycles. The third-order valence-corrected chi connectivity index (χ3v) is 4.83. The maximum Gasteiger partial charge on any atom is 0.175 e. The molecule has 0 spiro atoms. The molecule has 1 unspecified atom stereocenters. The summed E-state index contributed by atoms with van der Waals surface area (Å²) in [6.45, 7) is 2.03. The topological polar surface area (TPSA) is 66.7 Å². The van der Waals surface area contributed by atoms with Crippen LogP contribution in [-0.2, 0) is 9.84 Å². The lowest BCUT2D eigenvalue weighted by molar-refractivity contribution is 0.320. The number of hydrogen-bond donors (Lipinski definition) is 1. The van der Waals surface area contributed by atoms with Crippen molar-refractivity contribution in [3.63, 3.8) is 0 Å². The van der Waals surface area contributed by atoms with Crippen LogP contribution < -0.4 is 0 Å². The fourth-order valence-corrected chi connectivity index (χ4v) is 3.15. The molecular weight excluding hydrogens is 298 g/mol. The Labute approximate surface area is 131 Å². The van der Waals surface area contributed by atoms with Crippen molar-refractivity contribution in [3.05, 3.63) is 65.2 Å². The fraction of sp³-hybridized carbons (Fsp3) is 0.235. The van der Waals surface area contributed by atoms with Crippen molar-refractivity contribution < 1.29 is 13.6 Å². The molecule has 2 aromatic rings. The SMILES string of the molecule is Cc1ccccc1C(CC=NO)c1ccc(S(C)(=O)=O)cc1. The molecule has 2 aromatic carbocycles. The Bertz CT molecular complexity index is 765. The van der Waals surface area contributed by atoms with E-state index >= 15 is 0 Å². The maximum atomic E-state index is 11.6. The molecule has 2 rings (SSSR count). The third-order valence-electron chi connectivity index (χ3n) is 3.70. The van der Waals surface area contributed by atoms with E-state index in [4.69, 9.17) is 5.21 Å². The minimum atomic E-state index is -3.20. The molecular formula is C17H19NO3S. The molecule has 0 heterocycles. The average molecular weight is 317 g/mol. The van der Waals surface area contributed by atoms with Crippen molar-refractivity contribution >= 4 is 16.1 Å². The first-order chi connectivity index (χ1) is 10.4. The molecule has 4 nitrogen and oxygen atoms in total. The van der Waals surface area contributed by atoms with Gasteiger partial charge >= 0.3 is 0 Å². The first kappa shape index (κ1) is 16.2. The molecule has 0 aromatic heterocycles. The Morgan fingerprint density at radius 2 is 1.77 bits per heavy atom. The summed E-state index contributed by atoms with van der Waals surface area (Å²) in [6.07, 6.45) is 3.19. The van der Waals surface area contributed by atoms with E-state index in [0.717, 1.165) is 16.7 Å². The van der Waals surface area contributed by atoms with Gasteiger partial charge in [-0.15, -0.1) is 5.16 Å². The summed E-state index contributed by atoms with van der Waals surface area (Å²) in [4.78, 5) is 0.301. The zero-order valence-corrected chi connectivity index (χ0v) is 13.4. The van der Waals surface area contributed by atoms with Gasteiger partial charge in [0.25, 0.3) is 0 Å². The molecule has 0 fully saturated rings. The smallest absolute Gasteiger partial charge is 0.175 e. The standard InChI is InChI=1S/C17H19NO3S/c1-13-5-3-4-6-16(13)17(11-12-18-19)14-7-9-15(10-8-14)22(2,20)21/h3-10,12,17,19H,11H2,1-2H3. The highest BCUT2D eigenvalue weighted by Crippen LogP contribution is 2.30. The quantitative estimate of drug-likeness (QED) is 0.522. The molecule has 22 heavy (non-hydrogen) atoms. The minimum Gasteiger partial charge on any atom is -0.411 e. The number of hydrogen-bond acceptors (Lipinski definition) is 4. The van der Waals surface area contributed by atoms with Crippen LogP contribution in [0.4, 0.5) is 0 Å². The van der Waals surface area contributed by atoms with E-state index in [-0.39, 0.29) is 5.92 Å². The Morgan fingerprint density at radius 3 is 2.32 bits per heavy atom. The fourth-order valence-electron chi connectivity index (χ4n) is 2.52. The maximum absolute atomic E-state index is 11.6. The molecule has 1 N–H and O–H groups in total. The Kier molecular flexibility index (Phi) is 4.98. The van der Waals surface area contributed by atoms with Crippen molar-refractivity contribution in [3.8, 4) is 0 Å². The normalized spacial score (nSPS) is 13.4. The molecule has 0 radical (unpaired) electrons. The van der Waals surface area contributed by atoms with Gasteiger partial charge in [-0.3, -0.25) is 0 Å². The van der Waals surface area contributed by atoms with E-state index < -0.39 is 9.84 Å². The van der Waals surface area contributed by atoms with Gasteiger partial charge in [-0.05, 0) is 42.2 Å².